The molecule has 0 aliphatic rings. The molecule has 3 aromatic rings. The lowest BCUT2D eigenvalue weighted by molar-refractivity contribution is 0.526. The second-order valence-corrected chi connectivity index (χ2v) is 6.04. The third kappa shape index (κ3) is 4.02. The van der Waals surface area contributed by atoms with Gasteiger partial charge in [-0.3, -0.25) is 0 Å². The highest BCUT2D eigenvalue weighted by Crippen LogP contribution is 2.35. The van der Waals surface area contributed by atoms with Gasteiger partial charge in [0.1, 0.15) is 11.3 Å². The first-order valence-electron chi connectivity index (χ1n) is 7.79. The Hall–Kier alpha value is -1.74. The van der Waals surface area contributed by atoms with E-state index in [9.17, 15) is 0 Å². The quantitative estimate of drug-likeness (QED) is 0.435. The summed E-state index contributed by atoms with van der Waals surface area (Å²) in [5.41, 5.74) is 4.42. The number of halogens is 2. The first-order chi connectivity index (χ1) is 11.2. The van der Waals surface area contributed by atoms with Gasteiger partial charge in [-0.15, -0.1) is 12.4 Å². The molecule has 24 heavy (non-hydrogen) atoms. The largest absolute Gasteiger partial charge is 0.459 e. The summed E-state index contributed by atoms with van der Waals surface area (Å²) in [5.74, 6) is 0.956. The van der Waals surface area contributed by atoms with E-state index in [1.165, 1.54) is 5.56 Å². The molecular formula is C20H21Cl2NO. The van der Waals surface area contributed by atoms with Crippen molar-refractivity contribution in [3.8, 4) is 11.1 Å². The third-order valence-corrected chi connectivity index (χ3v) is 4.08. The van der Waals surface area contributed by atoms with Crippen LogP contribution in [0.4, 0.5) is 0 Å². The van der Waals surface area contributed by atoms with Gasteiger partial charge >= 0.3 is 0 Å². The van der Waals surface area contributed by atoms with E-state index in [0.717, 1.165) is 39.4 Å². The van der Waals surface area contributed by atoms with Gasteiger partial charge in [0.25, 0.3) is 0 Å². The molecule has 1 N–H and O–H groups in total. The molecule has 0 aliphatic heterocycles. The predicted octanol–water partition coefficient (Wildman–Crippen LogP) is 6.15. The predicted molar refractivity (Wildman–Crippen MR) is 105 cm³/mol. The van der Waals surface area contributed by atoms with Gasteiger partial charge in [-0.25, -0.2) is 0 Å². The summed E-state index contributed by atoms with van der Waals surface area (Å²) in [7, 11) is 0. The van der Waals surface area contributed by atoms with Crippen molar-refractivity contribution >= 4 is 35.0 Å². The summed E-state index contributed by atoms with van der Waals surface area (Å²) < 4.78 is 6.10. The fourth-order valence-corrected chi connectivity index (χ4v) is 2.83. The van der Waals surface area contributed by atoms with Gasteiger partial charge in [-0.05, 0) is 43.7 Å². The lowest BCUT2D eigenvalue weighted by Crippen LogP contribution is -2.12. The van der Waals surface area contributed by atoms with Gasteiger partial charge in [-0.1, -0.05) is 47.5 Å². The van der Waals surface area contributed by atoms with Crippen LogP contribution in [0.1, 0.15) is 18.2 Å². The zero-order valence-electron chi connectivity index (χ0n) is 13.8. The average molecular weight is 362 g/mol. The summed E-state index contributed by atoms with van der Waals surface area (Å²) >= 11 is 6.03. The summed E-state index contributed by atoms with van der Waals surface area (Å²) in [4.78, 5) is 0. The fourth-order valence-electron chi connectivity index (χ4n) is 2.71. The van der Waals surface area contributed by atoms with Gasteiger partial charge in [0.2, 0.25) is 0 Å². The molecule has 2 aromatic carbocycles. The van der Waals surface area contributed by atoms with Crippen molar-refractivity contribution in [1.29, 1.82) is 0 Å². The number of hydrogen-bond donors (Lipinski definition) is 1. The molecular weight excluding hydrogens is 341 g/mol. The molecule has 0 unspecified atom stereocenters. The monoisotopic (exact) mass is 361 g/mol. The third-order valence-electron chi connectivity index (χ3n) is 3.83. The number of fused-ring (bicyclic) bond motifs is 1. The number of rotatable bonds is 5. The number of allylic oxidation sites excluding steroid dienone is 1. The first kappa shape index (κ1) is 18.6. The van der Waals surface area contributed by atoms with Gasteiger partial charge in [0.05, 0.1) is 6.54 Å². The molecule has 0 spiro atoms. The molecule has 0 amide bonds. The van der Waals surface area contributed by atoms with Crippen LogP contribution in [-0.4, -0.2) is 6.54 Å². The van der Waals surface area contributed by atoms with Crippen molar-refractivity contribution in [2.24, 2.45) is 0 Å². The Labute approximate surface area is 153 Å². The Balaban J connectivity index is 0.00000208. The molecule has 126 valence electrons. The molecule has 0 atom stereocenters. The zero-order valence-corrected chi connectivity index (χ0v) is 15.4. The minimum absolute atomic E-state index is 0. The zero-order chi connectivity index (χ0) is 16.2. The van der Waals surface area contributed by atoms with Crippen LogP contribution in [0.2, 0.25) is 5.02 Å². The standard InChI is InChI=1S/C20H20ClNO.ClH/c1-3-4-11-22-13-19-20(15-6-8-16(21)9-7-15)17-12-14(2)5-10-18(17)23-19;/h3-10,12,22H,11,13H2,1-2H3;1H. The highest BCUT2D eigenvalue weighted by molar-refractivity contribution is 6.30. The number of furan rings is 1. The SMILES string of the molecule is CC=CCNCc1oc2ccc(C)cc2c1-c1ccc(Cl)cc1.Cl. The van der Waals surface area contributed by atoms with Crippen molar-refractivity contribution in [2.45, 2.75) is 20.4 Å². The second kappa shape index (κ2) is 8.39. The fraction of sp³-hybridized carbons (Fsp3) is 0.200. The van der Waals surface area contributed by atoms with E-state index < -0.39 is 0 Å². The Kier molecular flexibility index (Phi) is 6.50. The maximum Gasteiger partial charge on any atom is 0.135 e. The number of aryl methyl sites for hydroxylation is 1. The Morgan fingerprint density at radius 2 is 1.88 bits per heavy atom. The lowest BCUT2D eigenvalue weighted by Gasteiger charge is -2.05. The molecule has 1 heterocycles. The summed E-state index contributed by atoms with van der Waals surface area (Å²) in [6, 6.07) is 14.2. The van der Waals surface area contributed by atoms with Gasteiger partial charge in [-0.2, -0.15) is 0 Å². The molecule has 2 nitrogen and oxygen atoms in total. The molecule has 0 bridgehead atoms. The van der Waals surface area contributed by atoms with E-state index >= 15 is 0 Å². The van der Waals surface area contributed by atoms with Crippen molar-refractivity contribution in [2.75, 3.05) is 6.54 Å². The molecule has 0 radical (unpaired) electrons. The lowest BCUT2D eigenvalue weighted by atomic mass is 10.0. The van der Waals surface area contributed by atoms with E-state index in [1.54, 1.807) is 0 Å². The minimum Gasteiger partial charge on any atom is -0.459 e. The Morgan fingerprint density at radius 1 is 1.12 bits per heavy atom. The molecule has 0 fully saturated rings. The van der Waals surface area contributed by atoms with Crippen molar-refractivity contribution in [1.82, 2.24) is 5.32 Å². The highest BCUT2D eigenvalue weighted by Gasteiger charge is 2.15. The molecule has 0 saturated carbocycles. The average Bonchev–Trinajstić information content (AvgIpc) is 2.90. The van der Waals surface area contributed by atoms with Crippen molar-refractivity contribution in [3.63, 3.8) is 0 Å². The van der Waals surface area contributed by atoms with Gasteiger partial charge in [0, 0.05) is 22.5 Å². The summed E-state index contributed by atoms with van der Waals surface area (Å²) in [6.45, 7) is 5.63. The van der Waals surface area contributed by atoms with Crippen molar-refractivity contribution in [3.05, 3.63) is 71.0 Å². The van der Waals surface area contributed by atoms with Crippen LogP contribution >= 0.6 is 24.0 Å². The van der Waals surface area contributed by atoms with E-state index in [1.807, 2.05) is 43.3 Å². The molecule has 0 saturated heterocycles. The van der Waals surface area contributed by atoms with Crippen LogP contribution in [0, 0.1) is 6.92 Å². The highest BCUT2D eigenvalue weighted by atomic mass is 35.5. The van der Waals surface area contributed by atoms with Crippen LogP contribution in [-0.2, 0) is 6.54 Å². The van der Waals surface area contributed by atoms with Crippen molar-refractivity contribution < 1.29 is 4.42 Å². The summed E-state index contributed by atoms with van der Waals surface area (Å²) in [5, 5.41) is 5.28. The first-order valence-corrected chi connectivity index (χ1v) is 8.16. The molecule has 1 aromatic heterocycles. The molecule has 3 rings (SSSR count). The van der Waals surface area contributed by atoms with Gasteiger partial charge in [0.15, 0.2) is 0 Å². The van der Waals surface area contributed by atoms with Crippen LogP contribution in [0.5, 0.6) is 0 Å². The van der Waals surface area contributed by atoms with Crippen LogP contribution in [0.3, 0.4) is 0 Å². The van der Waals surface area contributed by atoms with E-state index in [2.05, 4.69) is 30.4 Å². The van der Waals surface area contributed by atoms with E-state index in [-0.39, 0.29) is 12.4 Å². The topological polar surface area (TPSA) is 25.2 Å². The van der Waals surface area contributed by atoms with Crippen LogP contribution in [0.25, 0.3) is 22.1 Å². The summed E-state index contributed by atoms with van der Waals surface area (Å²) in [6.07, 6.45) is 4.13. The number of hydrogen-bond acceptors (Lipinski definition) is 2. The van der Waals surface area contributed by atoms with Crippen LogP contribution < -0.4 is 5.32 Å². The Morgan fingerprint density at radius 3 is 2.58 bits per heavy atom. The number of benzene rings is 2. The van der Waals surface area contributed by atoms with Crippen LogP contribution in [0.15, 0.2) is 59.0 Å². The number of nitrogens with one attached hydrogen (secondary N) is 1. The molecule has 0 aliphatic carbocycles. The van der Waals surface area contributed by atoms with E-state index in [4.69, 9.17) is 16.0 Å². The second-order valence-electron chi connectivity index (χ2n) is 5.61. The van der Waals surface area contributed by atoms with E-state index in [0.29, 0.717) is 6.54 Å². The maximum absolute atomic E-state index is 6.10. The molecule has 4 heteroatoms. The minimum atomic E-state index is 0. The maximum atomic E-state index is 6.10. The van der Waals surface area contributed by atoms with Gasteiger partial charge < -0.3 is 9.73 Å². The smallest absolute Gasteiger partial charge is 0.135 e. The normalized spacial score (nSPS) is 11.1. The Bertz CT molecular complexity index is 835.